The highest BCUT2D eigenvalue weighted by Gasteiger charge is 2.16. The smallest absolute Gasteiger partial charge is 0.258 e. The Balaban J connectivity index is 1.99. The van der Waals surface area contributed by atoms with Crippen molar-refractivity contribution in [2.45, 2.75) is 0 Å². The maximum Gasteiger partial charge on any atom is 0.258 e. The second-order valence-corrected chi connectivity index (χ2v) is 4.35. The van der Waals surface area contributed by atoms with Crippen molar-refractivity contribution in [3.63, 3.8) is 0 Å². The van der Waals surface area contributed by atoms with Crippen LogP contribution in [-0.2, 0) is 0 Å². The number of para-hydroxylation sites is 1. The molecule has 0 bridgehead atoms. The first kappa shape index (κ1) is 13.8. The van der Waals surface area contributed by atoms with Crippen LogP contribution < -0.4 is 5.32 Å². The van der Waals surface area contributed by atoms with Crippen LogP contribution in [0.3, 0.4) is 0 Å². The number of rotatable bonds is 3. The summed E-state index contributed by atoms with van der Waals surface area (Å²) in [5.74, 6) is -1.86. The van der Waals surface area contributed by atoms with Crippen LogP contribution in [0, 0.1) is 11.6 Å². The molecule has 3 aromatic rings. The lowest BCUT2D eigenvalue weighted by Gasteiger charge is -2.10. The summed E-state index contributed by atoms with van der Waals surface area (Å²) in [6, 6.07) is 9.27. The van der Waals surface area contributed by atoms with Gasteiger partial charge in [-0.05, 0) is 40.8 Å². The Hall–Kier alpha value is -3.16. The lowest BCUT2D eigenvalue weighted by molar-refractivity contribution is 0.102. The summed E-state index contributed by atoms with van der Waals surface area (Å²) in [4.78, 5) is 12.3. The molecular weight excluding hydrogens is 292 g/mol. The van der Waals surface area contributed by atoms with E-state index in [1.54, 1.807) is 6.07 Å². The second kappa shape index (κ2) is 5.68. The second-order valence-electron chi connectivity index (χ2n) is 4.35. The van der Waals surface area contributed by atoms with Crippen LogP contribution in [0.5, 0.6) is 0 Å². The molecule has 2 aromatic carbocycles. The largest absolute Gasteiger partial charge is 0.319 e. The van der Waals surface area contributed by atoms with E-state index in [4.69, 9.17) is 0 Å². The van der Waals surface area contributed by atoms with Gasteiger partial charge in [-0.15, -0.1) is 5.10 Å². The Bertz CT molecular complexity index is 820. The SMILES string of the molecule is O=C(Nc1ccccc1F)c1cc(F)ccc1-n1cnnn1. The topological polar surface area (TPSA) is 72.7 Å². The number of carbonyl (C=O) groups excluding carboxylic acids is 1. The number of hydrogen-bond donors (Lipinski definition) is 1. The van der Waals surface area contributed by atoms with Crippen molar-refractivity contribution >= 4 is 11.6 Å². The van der Waals surface area contributed by atoms with Gasteiger partial charge in [0.1, 0.15) is 18.0 Å². The predicted molar refractivity (Wildman–Crippen MR) is 73.5 cm³/mol. The summed E-state index contributed by atoms with van der Waals surface area (Å²) >= 11 is 0. The van der Waals surface area contributed by atoms with Crippen LogP contribution in [0.25, 0.3) is 5.69 Å². The zero-order valence-corrected chi connectivity index (χ0v) is 11.1. The molecule has 0 atom stereocenters. The molecule has 0 aliphatic carbocycles. The molecule has 1 amide bonds. The molecule has 0 fully saturated rings. The Morgan fingerprint density at radius 2 is 1.95 bits per heavy atom. The molecule has 1 N–H and O–H groups in total. The maximum atomic E-state index is 13.6. The fourth-order valence-electron chi connectivity index (χ4n) is 1.91. The van der Waals surface area contributed by atoms with Crippen LogP contribution in [0.15, 0.2) is 48.8 Å². The lowest BCUT2D eigenvalue weighted by atomic mass is 10.1. The summed E-state index contributed by atoms with van der Waals surface area (Å²) < 4.78 is 28.3. The molecule has 0 saturated carbocycles. The van der Waals surface area contributed by atoms with Gasteiger partial charge < -0.3 is 5.32 Å². The van der Waals surface area contributed by atoms with Crippen LogP contribution in [-0.4, -0.2) is 26.1 Å². The minimum Gasteiger partial charge on any atom is -0.319 e. The number of benzene rings is 2. The van der Waals surface area contributed by atoms with Crippen molar-refractivity contribution < 1.29 is 13.6 Å². The fourth-order valence-corrected chi connectivity index (χ4v) is 1.91. The first-order valence-electron chi connectivity index (χ1n) is 6.24. The monoisotopic (exact) mass is 301 g/mol. The lowest BCUT2D eigenvalue weighted by Crippen LogP contribution is -2.16. The van der Waals surface area contributed by atoms with E-state index in [0.29, 0.717) is 0 Å². The molecule has 0 saturated heterocycles. The number of nitrogens with zero attached hydrogens (tertiary/aromatic N) is 4. The molecule has 110 valence electrons. The molecule has 1 heterocycles. The van der Waals surface area contributed by atoms with Crippen LogP contribution >= 0.6 is 0 Å². The number of halogens is 2. The Morgan fingerprint density at radius 1 is 1.14 bits per heavy atom. The Kier molecular flexibility index (Phi) is 3.57. The molecule has 0 radical (unpaired) electrons. The number of amides is 1. The van der Waals surface area contributed by atoms with Crippen molar-refractivity contribution in [3.05, 3.63) is 66.0 Å². The minimum absolute atomic E-state index is 0.000531. The van der Waals surface area contributed by atoms with Gasteiger partial charge in [-0.1, -0.05) is 12.1 Å². The molecule has 8 heteroatoms. The van der Waals surface area contributed by atoms with Gasteiger partial charge in [0.25, 0.3) is 5.91 Å². The third-order valence-corrected chi connectivity index (χ3v) is 2.92. The zero-order valence-electron chi connectivity index (χ0n) is 11.1. The van der Waals surface area contributed by atoms with Gasteiger partial charge in [-0.25, -0.2) is 8.78 Å². The normalized spacial score (nSPS) is 10.5. The Morgan fingerprint density at radius 3 is 2.68 bits per heavy atom. The molecule has 0 aliphatic rings. The van der Waals surface area contributed by atoms with Gasteiger partial charge >= 0.3 is 0 Å². The first-order chi connectivity index (χ1) is 10.6. The average Bonchev–Trinajstić information content (AvgIpc) is 3.03. The maximum absolute atomic E-state index is 13.6. The summed E-state index contributed by atoms with van der Waals surface area (Å²) in [5.41, 5.74) is 0.259. The minimum atomic E-state index is -0.671. The number of tetrazole rings is 1. The highest BCUT2D eigenvalue weighted by molar-refractivity contribution is 6.06. The van der Waals surface area contributed by atoms with Crippen LogP contribution in [0.2, 0.25) is 0 Å². The van der Waals surface area contributed by atoms with E-state index in [1.807, 2.05) is 0 Å². The summed E-state index contributed by atoms with van der Waals surface area (Å²) in [6.07, 6.45) is 1.27. The van der Waals surface area contributed by atoms with E-state index in [9.17, 15) is 13.6 Å². The van der Waals surface area contributed by atoms with Crippen LogP contribution in [0.1, 0.15) is 10.4 Å². The molecular formula is C14H9F2N5O. The fraction of sp³-hybridized carbons (Fsp3) is 0. The van der Waals surface area contributed by atoms with Gasteiger partial charge in [-0.3, -0.25) is 4.79 Å². The summed E-state index contributed by atoms with van der Waals surface area (Å²) in [5, 5.41) is 13.0. The van der Waals surface area contributed by atoms with Crippen molar-refractivity contribution in [1.29, 1.82) is 0 Å². The third kappa shape index (κ3) is 2.66. The number of aromatic nitrogens is 4. The van der Waals surface area contributed by atoms with Crippen LogP contribution in [0.4, 0.5) is 14.5 Å². The van der Waals surface area contributed by atoms with E-state index in [2.05, 4.69) is 20.8 Å². The van der Waals surface area contributed by atoms with Crippen molar-refractivity contribution in [2.75, 3.05) is 5.32 Å². The zero-order chi connectivity index (χ0) is 15.5. The van der Waals surface area contributed by atoms with E-state index in [0.717, 1.165) is 6.07 Å². The first-order valence-corrected chi connectivity index (χ1v) is 6.24. The van der Waals surface area contributed by atoms with Gasteiger partial charge in [0.15, 0.2) is 0 Å². The van der Waals surface area contributed by atoms with Crippen molar-refractivity contribution in [1.82, 2.24) is 20.2 Å². The average molecular weight is 301 g/mol. The predicted octanol–water partition coefficient (Wildman–Crippen LogP) is 2.19. The standard InChI is InChI=1S/C14H9F2N5O/c15-9-5-6-13(21-8-17-19-20-21)10(7-9)14(22)18-12-4-2-1-3-11(12)16/h1-8H,(H,18,22). The van der Waals surface area contributed by atoms with Crippen molar-refractivity contribution in [2.24, 2.45) is 0 Å². The molecule has 6 nitrogen and oxygen atoms in total. The third-order valence-electron chi connectivity index (χ3n) is 2.92. The number of nitrogens with one attached hydrogen (secondary N) is 1. The van der Waals surface area contributed by atoms with E-state index in [1.165, 1.54) is 41.3 Å². The number of carbonyl (C=O) groups is 1. The van der Waals surface area contributed by atoms with Gasteiger partial charge in [0.2, 0.25) is 0 Å². The van der Waals surface area contributed by atoms with Gasteiger partial charge in [0, 0.05) is 0 Å². The quantitative estimate of drug-likeness (QED) is 0.805. The molecule has 22 heavy (non-hydrogen) atoms. The summed E-state index contributed by atoms with van der Waals surface area (Å²) in [7, 11) is 0. The Labute approximate surface area is 123 Å². The molecule has 0 aliphatic heterocycles. The highest BCUT2D eigenvalue weighted by atomic mass is 19.1. The van der Waals surface area contributed by atoms with E-state index in [-0.39, 0.29) is 16.9 Å². The summed E-state index contributed by atoms with van der Waals surface area (Å²) in [6.45, 7) is 0. The van der Waals surface area contributed by atoms with Gasteiger partial charge in [-0.2, -0.15) is 4.68 Å². The molecule has 0 unspecified atom stereocenters. The highest BCUT2D eigenvalue weighted by Crippen LogP contribution is 2.19. The van der Waals surface area contributed by atoms with Crippen molar-refractivity contribution in [3.8, 4) is 5.69 Å². The molecule has 0 spiro atoms. The molecule has 3 rings (SSSR count). The number of anilines is 1. The van der Waals surface area contributed by atoms with E-state index < -0.39 is 17.5 Å². The number of hydrogen-bond acceptors (Lipinski definition) is 4. The molecule has 1 aromatic heterocycles. The van der Waals surface area contributed by atoms with Gasteiger partial charge in [0.05, 0.1) is 16.9 Å². The van der Waals surface area contributed by atoms with E-state index >= 15 is 0 Å².